The lowest BCUT2D eigenvalue weighted by Crippen LogP contribution is -2.14. The van der Waals surface area contributed by atoms with Crippen molar-refractivity contribution in [2.24, 2.45) is 5.10 Å². The van der Waals surface area contributed by atoms with Crippen LogP contribution < -0.4 is 5.43 Å². The van der Waals surface area contributed by atoms with Crippen molar-refractivity contribution in [2.45, 2.75) is 109 Å². The lowest BCUT2D eigenvalue weighted by atomic mass is 9.97. The number of aliphatic carboxylic acids is 2. The predicted octanol–water partition coefficient (Wildman–Crippen LogP) is 6.23. The van der Waals surface area contributed by atoms with Crippen LogP contribution >= 0.6 is 0 Å². The van der Waals surface area contributed by atoms with Crippen molar-refractivity contribution >= 4 is 17.7 Å². The van der Waals surface area contributed by atoms with E-state index in [0.717, 1.165) is 6.54 Å². The standard InChI is InChI=1S/C20H36N2.C5H6O4/c1-2-4-8-12-16-19(15-11-7-3-1)20-17-13-9-5-6-10-14-18-21-22-20;1-3(5(8)9)2-4(6)7/h15,21H,1-14,16-18H2;1-2H2,(H,6,7)(H,8,9). The van der Waals surface area contributed by atoms with Gasteiger partial charge in [-0.3, -0.25) is 4.79 Å². The molecule has 0 saturated heterocycles. The number of rotatable bonds is 4. The fourth-order valence-corrected chi connectivity index (χ4v) is 3.89. The topological polar surface area (TPSA) is 99.0 Å². The summed E-state index contributed by atoms with van der Waals surface area (Å²) in [7, 11) is 0. The molecule has 0 saturated carbocycles. The smallest absolute Gasteiger partial charge is 0.331 e. The minimum atomic E-state index is -1.27. The van der Waals surface area contributed by atoms with Gasteiger partial charge in [0.15, 0.2) is 0 Å². The van der Waals surface area contributed by atoms with Crippen LogP contribution in [0.25, 0.3) is 0 Å². The zero-order valence-corrected chi connectivity index (χ0v) is 19.2. The maximum atomic E-state index is 9.87. The van der Waals surface area contributed by atoms with Crippen molar-refractivity contribution in [2.75, 3.05) is 6.54 Å². The fourth-order valence-electron chi connectivity index (χ4n) is 3.89. The van der Waals surface area contributed by atoms with Gasteiger partial charge in [-0.05, 0) is 50.5 Å². The highest BCUT2D eigenvalue weighted by Gasteiger charge is 2.10. The molecule has 0 bridgehead atoms. The number of hydrogen-bond donors (Lipinski definition) is 3. The summed E-state index contributed by atoms with van der Waals surface area (Å²) in [5.74, 6) is -2.44. The Hall–Kier alpha value is -2.11. The molecule has 0 aromatic carbocycles. The first kappa shape index (κ1) is 26.9. The molecule has 0 radical (unpaired) electrons. The van der Waals surface area contributed by atoms with Gasteiger partial charge in [0, 0.05) is 12.1 Å². The van der Waals surface area contributed by atoms with E-state index in [-0.39, 0.29) is 5.57 Å². The van der Waals surface area contributed by atoms with Crippen LogP contribution in [-0.2, 0) is 9.59 Å². The molecule has 6 heteroatoms. The van der Waals surface area contributed by atoms with Crippen LogP contribution in [0.2, 0.25) is 0 Å². The predicted molar refractivity (Wildman–Crippen MR) is 126 cm³/mol. The molecule has 0 amide bonds. The van der Waals surface area contributed by atoms with E-state index in [1.54, 1.807) is 5.57 Å². The molecule has 1 heterocycles. The first-order chi connectivity index (χ1) is 15.0. The normalized spacial score (nSPS) is 19.5. The molecular weight excluding hydrogens is 392 g/mol. The molecule has 0 aromatic rings. The minimum Gasteiger partial charge on any atom is -0.481 e. The van der Waals surface area contributed by atoms with Crippen molar-refractivity contribution in [1.29, 1.82) is 0 Å². The number of allylic oxidation sites excluding steroid dienone is 2. The summed E-state index contributed by atoms with van der Waals surface area (Å²) in [5.41, 5.74) is 5.99. The molecule has 31 heavy (non-hydrogen) atoms. The van der Waals surface area contributed by atoms with E-state index in [1.807, 2.05) is 0 Å². The number of hydrazone groups is 1. The fraction of sp³-hybridized carbons (Fsp3) is 0.720. The van der Waals surface area contributed by atoms with Gasteiger partial charge in [-0.25, -0.2) is 4.79 Å². The third-order valence-electron chi connectivity index (χ3n) is 5.74. The van der Waals surface area contributed by atoms with Gasteiger partial charge in [0.1, 0.15) is 0 Å². The maximum Gasteiger partial charge on any atom is 0.331 e. The van der Waals surface area contributed by atoms with Gasteiger partial charge < -0.3 is 15.6 Å². The second-order valence-corrected chi connectivity index (χ2v) is 8.56. The molecule has 0 aromatic heterocycles. The van der Waals surface area contributed by atoms with Crippen LogP contribution in [0.5, 0.6) is 0 Å². The van der Waals surface area contributed by atoms with E-state index in [2.05, 4.69) is 18.1 Å². The number of nitrogens with one attached hydrogen (secondary N) is 1. The van der Waals surface area contributed by atoms with Crippen LogP contribution in [0.1, 0.15) is 109 Å². The molecule has 3 N–H and O–H groups in total. The Morgan fingerprint density at radius 3 is 1.97 bits per heavy atom. The molecule has 2 rings (SSSR count). The molecule has 0 unspecified atom stereocenters. The minimum absolute atomic E-state index is 0.303. The van der Waals surface area contributed by atoms with Crippen molar-refractivity contribution in [1.82, 2.24) is 5.43 Å². The van der Waals surface area contributed by atoms with Gasteiger partial charge >= 0.3 is 11.9 Å². The first-order valence-corrected chi connectivity index (χ1v) is 12.1. The third-order valence-corrected chi connectivity index (χ3v) is 5.74. The van der Waals surface area contributed by atoms with Gasteiger partial charge in [-0.15, -0.1) is 0 Å². The van der Waals surface area contributed by atoms with E-state index in [9.17, 15) is 9.59 Å². The van der Waals surface area contributed by atoms with Gasteiger partial charge in [-0.1, -0.05) is 70.4 Å². The Labute approximate surface area is 187 Å². The van der Waals surface area contributed by atoms with E-state index >= 15 is 0 Å². The Morgan fingerprint density at radius 1 is 0.839 bits per heavy atom. The zero-order chi connectivity index (χ0) is 22.7. The Morgan fingerprint density at radius 2 is 1.39 bits per heavy atom. The third kappa shape index (κ3) is 14.5. The second kappa shape index (κ2) is 17.6. The highest BCUT2D eigenvalue weighted by Crippen LogP contribution is 2.20. The summed E-state index contributed by atoms with van der Waals surface area (Å²) in [6.45, 7) is 4.07. The van der Waals surface area contributed by atoms with Gasteiger partial charge in [0.05, 0.1) is 12.1 Å². The van der Waals surface area contributed by atoms with Crippen molar-refractivity contribution < 1.29 is 19.8 Å². The van der Waals surface area contributed by atoms with Crippen molar-refractivity contribution in [3.05, 3.63) is 23.8 Å². The monoisotopic (exact) mass is 434 g/mol. The lowest BCUT2D eigenvalue weighted by molar-refractivity contribution is -0.139. The second-order valence-electron chi connectivity index (χ2n) is 8.56. The number of hydrogen-bond acceptors (Lipinski definition) is 4. The maximum absolute atomic E-state index is 9.87. The average Bonchev–Trinajstić information content (AvgIpc) is 2.83. The summed E-state index contributed by atoms with van der Waals surface area (Å²) >= 11 is 0. The van der Waals surface area contributed by atoms with Crippen LogP contribution in [-0.4, -0.2) is 34.4 Å². The molecule has 176 valence electrons. The number of carbonyl (C=O) groups is 2. The lowest BCUT2D eigenvalue weighted by Gasteiger charge is -2.12. The summed E-state index contributed by atoms with van der Waals surface area (Å²) < 4.78 is 0. The zero-order valence-electron chi connectivity index (χ0n) is 19.2. The number of carboxylic acids is 2. The average molecular weight is 435 g/mol. The van der Waals surface area contributed by atoms with Crippen LogP contribution in [0.3, 0.4) is 0 Å². The van der Waals surface area contributed by atoms with E-state index < -0.39 is 18.4 Å². The molecule has 6 nitrogen and oxygen atoms in total. The highest BCUT2D eigenvalue weighted by molar-refractivity contribution is 5.99. The van der Waals surface area contributed by atoms with Crippen molar-refractivity contribution in [3.8, 4) is 0 Å². The highest BCUT2D eigenvalue weighted by atomic mass is 16.4. The largest absolute Gasteiger partial charge is 0.481 e. The summed E-state index contributed by atoms with van der Waals surface area (Å²) in [5, 5.41) is 20.9. The van der Waals surface area contributed by atoms with Crippen LogP contribution in [0.4, 0.5) is 0 Å². The molecule has 2 aliphatic rings. The van der Waals surface area contributed by atoms with Crippen molar-refractivity contribution in [3.63, 3.8) is 0 Å². The van der Waals surface area contributed by atoms with Crippen LogP contribution in [0.15, 0.2) is 28.9 Å². The summed E-state index contributed by atoms with van der Waals surface area (Å²) in [4.78, 5) is 19.7. The van der Waals surface area contributed by atoms with Gasteiger partial charge in [-0.2, -0.15) is 5.10 Å². The van der Waals surface area contributed by atoms with Crippen LogP contribution in [0, 0.1) is 0 Å². The Bertz CT molecular complexity index is 577. The number of nitrogens with zero attached hydrogens (tertiary/aromatic N) is 1. The summed E-state index contributed by atoms with van der Waals surface area (Å²) in [6, 6.07) is 0. The SMILES string of the molecule is C1=C(C2=NNCCCCCCCC2)CCCCCCCCC1.C=C(CC(=O)O)C(=O)O. The number of carboxylic acid groups (broad SMARTS) is 2. The molecule has 0 fully saturated rings. The Kier molecular flexibility index (Phi) is 15.3. The quantitative estimate of drug-likeness (QED) is 0.456. The summed E-state index contributed by atoms with van der Waals surface area (Å²) in [6.07, 6.45) is 23.7. The molecular formula is C25H42N2O4. The molecule has 0 atom stereocenters. The first-order valence-electron chi connectivity index (χ1n) is 12.1. The van der Waals surface area contributed by atoms with Gasteiger partial charge in [0.2, 0.25) is 0 Å². The van der Waals surface area contributed by atoms with E-state index in [0.29, 0.717) is 0 Å². The molecule has 1 aliphatic carbocycles. The Balaban J connectivity index is 0.000000452. The van der Waals surface area contributed by atoms with E-state index in [4.69, 9.17) is 15.3 Å². The molecule has 0 spiro atoms. The molecule has 1 aliphatic heterocycles. The van der Waals surface area contributed by atoms with Gasteiger partial charge in [0.25, 0.3) is 0 Å². The van der Waals surface area contributed by atoms with E-state index in [1.165, 1.54) is 108 Å².